The first-order chi connectivity index (χ1) is 14.5. The fraction of sp³-hybridized carbons (Fsp3) is 0.0500. The monoisotopic (exact) mass is 441 g/mol. The average molecular weight is 442 g/mol. The summed E-state index contributed by atoms with van der Waals surface area (Å²) in [6, 6.07) is 9.30. The molecule has 2 heterocycles. The van der Waals surface area contributed by atoms with Crippen molar-refractivity contribution in [2.75, 3.05) is 0 Å². The Hall–Kier alpha value is -3.54. The van der Waals surface area contributed by atoms with E-state index in [1.807, 2.05) is 6.07 Å². The summed E-state index contributed by atoms with van der Waals surface area (Å²) in [4.78, 5) is 7.78. The van der Waals surface area contributed by atoms with Crippen LogP contribution in [0.5, 0.6) is 11.5 Å². The predicted octanol–water partition coefficient (Wildman–Crippen LogP) is 5.23. The lowest BCUT2D eigenvalue weighted by Crippen LogP contribution is -1.98. The number of ether oxygens (including phenoxy) is 1. The molecule has 0 radical (unpaired) electrons. The second kappa shape index (κ2) is 8.45. The molecular weight excluding hydrogens is 432 g/mol. The molecule has 0 saturated carbocycles. The SMILES string of the molecule is N#Cc1cc(Cl)cc(Oc2c(Cl)ccc(Cc3nnc(-c4cncnc4)o3)c2F)c1. The minimum atomic E-state index is -0.691. The zero-order valence-corrected chi connectivity index (χ0v) is 16.5. The molecule has 0 atom stereocenters. The number of hydrogen-bond donors (Lipinski definition) is 0. The second-order valence-electron chi connectivity index (χ2n) is 6.04. The minimum absolute atomic E-state index is 0.0129. The van der Waals surface area contributed by atoms with E-state index < -0.39 is 5.82 Å². The minimum Gasteiger partial charge on any atom is -0.453 e. The molecule has 0 bridgehead atoms. The Morgan fingerprint density at radius 1 is 1.10 bits per heavy atom. The highest BCUT2D eigenvalue weighted by molar-refractivity contribution is 6.32. The normalized spacial score (nSPS) is 10.6. The lowest BCUT2D eigenvalue weighted by molar-refractivity contribution is 0.437. The van der Waals surface area contributed by atoms with Crippen LogP contribution < -0.4 is 4.74 Å². The van der Waals surface area contributed by atoms with Crippen molar-refractivity contribution in [3.05, 3.63) is 81.9 Å². The molecule has 0 aliphatic heterocycles. The molecule has 0 unspecified atom stereocenters. The van der Waals surface area contributed by atoms with Gasteiger partial charge < -0.3 is 9.15 Å². The van der Waals surface area contributed by atoms with Gasteiger partial charge in [-0.1, -0.05) is 29.3 Å². The first kappa shape index (κ1) is 19.8. The summed E-state index contributed by atoms with van der Waals surface area (Å²) in [5, 5.41) is 17.3. The third kappa shape index (κ3) is 4.22. The summed E-state index contributed by atoms with van der Waals surface area (Å²) >= 11 is 12.1. The molecule has 148 valence electrons. The van der Waals surface area contributed by atoms with Gasteiger partial charge in [0.1, 0.15) is 12.1 Å². The van der Waals surface area contributed by atoms with Gasteiger partial charge in [0.2, 0.25) is 5.89 Å². The van der Waals surface area contributed by atoms with Crippen molar-refractivity contribution >= 4 is 23.2 Å². The lowest BCUT2D eigenvalue weighted by Gasteiger charge is -2.11. The van der Waals surface area contributed by atoms with Crippen molar-refractivity contribution in [1.29, 1.82) is 5.26 Å². The van der Waals surface area contributed by atoms with Gasteiger partial charge in [0.05, 0.1) is 28.6 Å². The summed E-state index contributed by atoms with van der Waals surface area (Å²) < 4.78 is 26.3. The second-order valence-corrected chi connectivity index (χ2v) is 6.89. The molecule has 4 aromatic rings. The highest BCUT2D eigenvalue weighted by Crippen LogP contribution is 2.36. The Morgan fingerprint density at radius 2 is 1.90 bits per heavy atom. The van der Waals surface area contributed by atoms with Gasteiger partial charge in [-0.05, 0) is 24.3 Å². The number of hydrogen-bond acceptors (Lipinski definition) is 7. The van der Waals surface area contributed by atoms with E-state index in [0.29, 0.717) is 5.56 Å². The molecule has 0 saturated heterocycles. The zero-order valence-electron chi connectivity index (χ0n) is 15.0. The molecule has 2 aromatic heterocycles. The predicted molar refractivity (Wildman–Crippen MR) is 106 cm³/mol. The summed E-state index contributed by atoms with van der Waals surface area (Å²) in [6.07, 6.45) is 4.45. The fourth-order valence-electron chi connectivity index (χ4n) is 2.62. The van der Waals surface area contributed by atoms with Gasteiger partial charge >= 0.3 is 0 Å². The van der Waals surface area contributed by atoms with E-state index in [-0.39, 0.29) is 50.9 Å². The first-order valence-electron chi connectivity index (χ1n) is 8.46. The van der Waals surface area contributed by atoms with Crippen LogP contribution in [0.15, 0.2) is 53.5 Å². The highest BCUT2D eigenvalue weighted by Gasteiger charge is 2.18. The Morgan fingerprint density at radius 3 is 2.67 bits per heavy atom. The maximum absolute atomic E-state index is 15.1. The van der Waals surface area contributed by atoms with Crippen molar-refractivity contribution in [3.8, 4) is 29.0 Å². The topological polar surface area (TPSA) is 97.7 Å². The molecule has 0 amide bonds. The van der Waals surface area contributed by atoms with Crippen LogP contribution in [0.4, 0.5) is 4.39 Å². The van der Waals surface area contributed by atoms with Crippen molar-refractivity contribution < 1.29 is 13.5 Å². The van der Waals surface area contributed by atoms with E-state index >= 15 is 4.39 Å². The Labute approximate surface area is 179 Å². The van der Waals surface area contributed by atoms with E-state index in [9.17, 15) is 0 Å². The van der Waals surface area contributed by atoms with Crippen LogP contribution in [0, 0.1) is 17.1 Å². The summed E-state index contributed by atoms with van der Waals surface area (Å²) in [6.45, 7) is 0. The molecule has 4 rings (SSSR count). The van der Waals surface area contributed by atoms with Crippen LogP contribution in [0.25, 0.3) is 11.5 Å². The van der Waals surface area contributed by atoms with Crippen LogP contribution in [-0.4, -0.2) is 20.2 Å². The molecule has 10 heteroatoms. The average Bonchev–Trinajstić information content (AvgIpc) is 3.22. The number of benzene rings is 2. The largest absolute Gasteiger partial charge is 0.453 e. The van der Waals surface area contributed by atoms with Gasteiger partial charge in [0.25, 0.3) is 5.89 Å². The van der Waals surface area contributed by atoms with E-state index in [0.717, 1.165) is 0 Å². The van der Waals surface area contributed by atoms with Crippen molar-refractivity contribution in [3.63, 3.8) is 0 Å². The van der Waals surface area contributed by atoms with Crippen LogP contribution in [0.3, 0.4) is 0 Å². The molecule has 0 aliphatic carbocycles. The number of nitriles is 1. The van der Waals surface area contributed by atoms with Crippen LogP contribution in [0.2, 0.25) is 10.0 Å². The molecule has 0 spiro atoms. The molecule has 0 N–H and O–H groups in total. The van der Waals surface area contributed by atoms with E-state index in [1.165, 1.54) is 49.1 Å². The maximum Gasteiger partial charge on any atom is 0.250 e. The Bertz CT molecular complexity index is 1260. The number of rotatable bonds is 5. The third-order valence-corrected chi connectivity index (χ3v) is 4.48. The summed E-state index contributed by atoms with van der Waals surface area (Å²) in [5.74, 6) is -0.295. The smallest absolute Gasteiger partial charge is 0.250 e. The van der Waals surface area contributed by atoms with E-state index in [2.05, 4.69) is 20.2 Å². The standard InChI is InChI=1S/C20H10Cl2FN5O2/c21-14-3-11(7-24)4-15(6-14)29-19-16(22)2-1-12(18(19)23)5-17-27-28-20(30-17)13-8-25-10-26-9-13/h1-4,6,8-10H,5H2. The lowest BCUT2D eigenvalue weighted by atomic mass is 10.1. The molecule has 7 nitrogen and oxygen atoms in total. The number of nitrogens with zero attached hydrogens (tertiary/aromatic N) is 5. The fourth-order valence-corrected chi connectivity index (χ4v) is 3.03. The van der Waals surface area contributed by atoms with Gasteiger partial charge in [-0.2, -0.15) is 5.26 Å². The number of halogens is 3. The third-order valence-electron chi connectivity index (χ3n) is 3.97. The van der Waals surface area contributed by atoms with Gasteiger partial charge in [-0.15, -0.1) is 10.2 Å². The molecule has 0 aliphatic rings. The molecule has 2 aromatic carbocycles. The zero-order chi connectivity index (χ0) is 21.1. The molecular formula is C20H10Cl2FN5O2. The van der Waals surface area contributed by atoms with Gasteiger partial charge in [-0.25, -0.2) is 14.4 Å². The van der Waals surface area contributed by atoms with Gasteiger partial charge in [-0.3, -0.25) is 0 Å². The van der Waals surface area contributed by atoms with Crippen LogP contribution in [-0.2, 0) is 6.42 Å². The Balaban J connectivity index is 1.61. The summed E-state index contributed by atoms with van der Waals surface area (Å²) in [5.41, 5.74) is 1.05. The van der Waals surface area contributed by atoms with E-state index in [1.54, 1.807) is 0 Å². The highest BCUT2D eigenvalue weighted by atomic mass is 35.5. The van der Waals surface area contributed by atoms with Crippen molar-refractivity contribution in [2.45, 2.75) is 6.42 Å². The number of aromatic nitrogens is 4. The van der Waals surface area contributed by atoms with Gasteiger partial charge in [0, 0.05) is 23.0 Å². The first-order valence-corrected chi connectivity index (χ1v) is 9.22. The summed E-state index contributed by atoms with van der Waals surface area (Å²) in [7, 11) is 0. The molecule has 30 heavy (non-hydrogen) atoms. The quantitative estimate of drug-likeness (QED) is 0.418. The van der Waals surface area contributed by atoms with Crippen LogP contribution in [0.1, 0.15) is 17.0 Å². The van der Waals surface area contributed by atoms with Crippen LogP contribution >= 0.6 is 23.2 Å². The Kier molecular flexibility index (Phi) is 5.57. The van der Waals surface area contributed by atoms with E-state index in [4.69, 9.17) is 37.6 Å². The molecule has 0 fully saturated rings. The van der Waals surface area contributed by atoms with Gasteiger partial charge in [0.15, 0.2) is 11.6 Å². The van der Waals surface area contributed by atoms with Crippen molar-refractivity contribution in [1.82, 2.24) is 20.2 Å². The van der Waals surface area contributed by atoms with Crippen molar-refractivity contribution in [2.24, 2.45) is 0 Å². The maximum atomic E-state index is 15.1.